The molecule has 1 aromatic rings. The molecule has 9 heavy (non-hydrogen) atoms. The van der Waals surface area contributed by atoms with E-state index in [0.29, 0.717) is 5.82 Å². The number of rotatable bonds is 0. The Balaban J connectivity index is 2.73. The molecule has 4 heteroatoms. The summed E-state index contributed by atoms with van der Waals surface area (Å²) in [4.78, 5) is 14.5. The van der Waals surface area contributed by atoms with Gasteiger partial charge in [-0.1, -0.05) is 0 Å². The molecule has 0 N–H and O–H groups in total. The number of hydrogen-bond acceptors (Lipinski definition) is 3. The van der Waals surface area contributed by atoms with Crippen molar-refractivity contribution < 1.29 is 4.79 Å². The minimum absolute atomic E-state index is 0.125. The minimum Gasteiger partial charge on any atom is -0.284 e. The third kappa shape index (κ3) is 0.440. The highest BCUT2D eigenvalue weighted by Crippen LogP contribution is 2.01. The van der Waals surface area contributed by atoms with Gasteiger partial charge in [-0.25, -0.2) is 9.66 Å². The summed E-state index contributed by atoms with van der Waals surface area (Å²) in [6.45, 7) is 0. The van der Waals surface area contributed by atoms with E-state index in [1.165, 1.54) is 10.9 Å². The number of imidazole rings is 1. The summed E-state index contributed by atoms with van der Waals surface area (Å²) >= 11 is 0. The van der Waals surface area contributed by atoms with E-state index in [1.807, 2.05) is 0 Å². The van der Waals surface area contributed by atoms with Gasteiger partial charge in [-0.15, -0.1) is 0 Å². The summed E-state index contributed by atoms with van der Waals surface area (Å²) in [6.07, 6.45) is 4.43. The van der Waals surface area contributed by atoms with Gasteiger partial charge in [0, 0.05) is 12.4 Å². The lowest BCUT2D eigenvalue weighted by Gasteiger charge is -1.82. The van der Waals surface area contributed by atoms with Gasteiger partial charge in [0.05, 0.1) is 6.21 Å². The highest BCUT2D eigenvalue weighted by atomic mass is 16.1. The first kappa shape index (κ1) is 4.43. The number of Topliss-reactive ketones (excluding diaryl/α,β-unsaturated/α-hetero) is 1. The van der Waals surface area contributed by atoms with Crippen LogP contribution in [-0.2, 0) is 0 Å². The molecule has 4 nitrogen and oxygen atoms in total. The molecule has 1 aromatic heterocycles. The van der Waals surface area contributed by atoms with Crippen molar-refractivity contribution in [2.75, 3.05) is 0 Å². The standard InChI is InChI=1S/C5H3N3O/c9-4-3-7-8-2-1-6-5(4)8/h1-3H. The Hall–Kier alpha value is -1.45. The van der Waals surface area contributed by atoms with Crippen molar-refractivity contribution in [3.8, 4) is 0 Å². The monoisotopic (exact) mass is 121 g/mol. The molecule has 2 rings (SSSR count). The Bertz CT molecular complexity index is 286. The Morgan fingerprint density at radius 3 is 3.22 bits per heavy atom. The van der Waals surface area contributed by atoms with Crippen molar-refractivity contribution in [3.05, 3.63) is 18.2 Å². The van der Waals surface area contributed by atoms with E-state index >= 15 is 0 Å². The quantitative estimate of drug-likeness (QED) is 0.481. The number of nitrogens with zero attached hydrogens (tertiary/aromatic N) is 3. The largest absolute Gasteiger partial charge is 0.284 e. The Kier molecular flexibility index (Phi) is 0.631. The summed E-state index contributed by atoms with van der Waals surface area (Å²) in [5.74, 6) is 0.273. The van der Waals surface area contributed by atoms with Crippen molar-refractivity contribution >= 4 is 12.0 Å². The molecule has 0 bridgehead atoms. The summed E-state index contributed by atoms with van der Waals surface area (Å²) < 4.78 is 1.45. The zero-order valence-electron chi connectivity index (χ0n) is 4.48. The first-order valence-corrected chi connectivity index (χ1v) is 2.50. The van der Waals surface area contributed by atoms with Gasteiger partial charge >= 0.3 is 0 Å². The van der Waals surface area contributed by atoms with Crippen LogP contribution in [0.25, 0.3) is 0 Å². The molecule has 0 radical (unpaired) electrons. The Morgan fingerprint density at radius 1 is 1.56 bits per heavy atom. The van der Waals surface area contributed by atoms with Gasteiger partial charge in [-0.2, -0.15) is 5.10 Å². The van der Waals surface area contributed by atoms with Crippen LogP contribution in [0.4, 0.5) is 0 Å². The van der Waals surface area contributed by atoms with E-state index in [4.69, 9.17) is 0 Å². The maximum absolute atomic E-state index is 10.7. The third-order valence-electron chi connectivity index (χ3n) is 1.14. The first-order valence-electron chi connectivity index (χ1n) is 2.50. The molecule has 0 saturated heterocycles. The maximum Gasteiger partial charge on any atom is 0.243 e. The molecule has 0 aromatic carbocycles. The van der Waals surface area contributed by atoms with Crippen molar-refractivity contribution in [2.45, 2.75) is 0 Å². The van der Waals surface area contributed by atoms with Crippen LogP contribution in [0.2, 0.25) is 0 Å². The molecule has 44 valence electrons. The summed E-state index contributed by atoms with van der Waals surface area (Å²) in [5.41, 5.74) is 0. The van der Waals surface area contributed by atoms with Crippen molar-refractivity contribution in [1.82, 2.24) is 9.66 Å². The molecule has 0 aliphatic carbocycles. The molecule has 0 spiro atoms. The SMILES string of the molecule is O=C1C=Nn2ccnc21. The minimum atomic E-state index is -0.125. The summed E-state index contributed by atoms with van der Waals surface area (Å²) in [6, 6.07) is 0. The zero-order valence-corrected chi connectivity index (χ0v) is 4.48. The van der Waals surface area contributed by atoms with Crippen LogP contribution < -0.4 is 0 Å². The van der Waals surface area contributed by atoms with E-state index in [1.54, 1.807) is 12.4 Å². The number of carbonyl (C=O) groups excluding carboxylic acids is 1. The van der Waals surface area contributed by atoms with Crippen molar-refractivity contribution in [2.24, 2.45) is 5.10 Å². The van der Waals surface area contributed by atoms with Crippen LogP contribution >= 0.6 is 0 Å². The molecule has 0 unspecified atom stereocenters. The highest BCUT2D eigenvalue weighted by Gasteiger charge is 2.14. The zero-order chi connectivity index (χ0) is 6.27. The number of hydrogen-bond donors (Lipinski definition) is 0. The van der Waals surface area contributed by atoms with Gasteiger partial charge in [0.25, 0.3) is 0 Å². The smallest absolute Gasteiger partial charge is 0.243 e. The molecule has 1 aliphatic heterocycles. The van der Waals surface area contributed by atoms with Crippen LogP contribution in [0, 0.1) is 0 Å². The Labute approximate surface area is 50.8 Å². The highest BCUT2D eigenvalue weighted by molar-refractivity contribution is 6.35. The van der Waals surface area contributed by atoms with E-state index in [9.17, 15) is 4.79 Å². The van der Waals surface area contributed by atoms with Gasteiger partial charge < -0.3 is 0 Å². The molecule has 0 fully saturated rings. The van der Waals surface area contributed by atoms with Crippen LogP contribution in [0.3, 0.4) is 0 Å². The fourth-order valence-electron chi connectivity index (χ4n) is 0.739. The third-order valence-corrected chi connectivity index (χ3v) is 1.14. The summed E-state index contributed by atoms with van der Waals surface area (Å²) in [7, 11) is 0. The van der Waals surface area contributed by atoms with Gasteiger partial charge in [-0.05, 0) is 0 Å². The van der Waals surface area contributed by atoms with Gasteiger partial charge in [-0.3, -0.25) is 4.79 Å². The lowest BCUT2D eigenvalue weighted by Crippen LogP contribution is -1.97. The van der Waals surface area contributed by atoms with Crippen LogP contribution in [-0.4, -0.2) is 21.7 Å². The number of ketones is 1. The van der Waals surface area contributed by atoms with E-state index in [2.05, 4.69) is 10.1 Å². The molecule has 0 amide bonds. The summed E-state index contributed by atoms with van der Waals surface area (Å²) in [5, 5.41) is 3.72. The number of aromatic nitrogens is 2. The average molecular weight is 121 g/mol. The van der Waals surface area contributed by atoms with Crippen molar-refractivity contribution in [3.63, 3.8) is 0 Å². The van der Waals surface area contributed by atoms with Crippen LogP contribution in [0.15, 0.2) is 17.5 Å². The van der Waals surface area contributed by atoms with Crippen LogP contribution in [0.1, 0.15) is 10.6 Å². The number of carbonyl (C=O) groups is 1. The maximum atomic E-state index is 10.7. The number of fused-ring (bicyclic) bond motifs is 1. The second kappa shape index (κ2) is 1.28. The van der Waals surface area contributed by atoms with Crippen LogP contribution in [0.5, 0.6) is 0 Å². The normalized spacial score (nSPS) is 14.4. The first-order chi connectivity index (χ1) is 4.38. The van der Waals surface area contributed by atoms with E-state index < -0.39 is 0 Å². The second-order valence-electron chi connectivity index (χ2n) is 1.70. The van der Waals surface area contributed by atoms with E-state index in [-0.39, 0.29) is 5.78 Å². The van der Waals surface area contributed by atoms with Gasteiger partial charge in [0.1, 0.15) is 0 Å². The fraction of sp³-hybridized carbons (Fsp3) is 0. The fourth-order valence-corrected chi connectivity index (χ4v) is 0.739. The lowest BCUT2D eigenvalue weighted by atomic mass is 10.4. The predicted octanol–water partition coefficient (Wildman–Crippen LogP) is -0.0867. The molecule has 0 saturated carbocycles. The predicted molar refractivity (Wildman–Crippen MR) is 30.4 cm³/mol. The second-order valence-corrected chi connectivity index (χ2v) is 1.70. The molecule has 1 aliphatic rings. The molecular weight excluding hydrogens is 118 g/mol. The molecule has 0 atom stereocenters. The topological polar surface area (TPSA) is 47.2 Å². The van der Waals surface area contributed by atoms with Gasteiger partial charge in [0.2, 0.25) is 11.6 Å². The molecular formula is C5H3N3O. The Morgan fingerprint density at radius 2 is 2.44 bits per heavy atom. The van der Waals surface area contributed by atoms with E-state index in [0.717, 1.165) is 0 Å². The average Bonchev–Trinajstić information content (AvgIpc) is 2.35. The van der Waals surface area contributed by atoms with Gasteiger partial charge in [0.15, 0.2) is 0 Å². The molecule has 2 heterocycles. The van der Waals surface area contributed by atoms with Crippen molar-refractivity contribution in [1.29, 1.82) is 0 Å². The lowest BCUT2D eigenvalue weighted by molar-refractivity contribution is 0.106.